The van der Waals surface area contributed by atoms with Crippen LogP contribution in [0, 0.1) is 6.92 Å². The van der Waals surface area contributed by atoms with Gasteiger partial charge in [0.05, 0.1) is 0 Å². The summed E-state index contributed by atoms with van der Waals surface area (Å²) in [6.45, 7) is 5.19. The van der Waals surface area contributed by atoms with Gasteiger partial charge in [0.25, 0.3) is 5.91 Å². The monoisotopic (exact) mass is 244 g/mol. The van der Waals surface area contributed by atoms with Crippen LogP contribution < -0.4 is 5.32 Å². The largest absolute Gasteiger partial charge is 0.347 e. The number of amides is 1. The van der Waals surface area contributed by atoms with Crippen molar-refractivity contribution in [3.63, 3.8) is 0 Å². The molecule has 0 aliphatic carbocycles. The van der Waals surface area contributed by atoms with Gasteiger partial charge in [-0.1, -0.05) is 0 Å². The van der Waals surface area contributed by atoms with Crippen LogP contribution in [0.3, 0.4) is 0 Å². The molecule has 0 atom stereocenters. The molecule has 2 aromatic heterocycles. The minimum Gasteiger partial charge on any atom is -0.347 e. The van der Waals surface area contributed by atoms with E-state index in [4.69, 9.17) is 0 Å². The minimum atomic E-state index is -0.151. The minimum absolute atomic E-state index is 0.151. The quantitative estimate of drug-likeness (QED) is 0.887. The van der Waals surface area contributed by atoms with E-state index in [2.05, 4.69) is 15.4 Å². The van der Waals surface area contributed by atoms with Gasteiger partial charge in [0.1, 0.15) is 5.69 Å². The van der Waals surface area contributed by atoms with E-state index in [0.717, 1.165) is 17.8 Å². The maximum Gasteiger partial charge on any atom is 0.272 e. The number of pyridine rings is 1. The molecule has 0 fully saturated rings. The van der Waals surface area contributed by atoms with Crippen molar-refractivity contribution in [1.82, 2.24) is 20.1 Å². The molecule has 5 nitrogen and oxygen atoms in total. The number of hydrogen-bond donors (Lipinski definition) is 1. The molecule has 0 bridgehead atoms. The summed E-state index contributed by atoms with van der Waals surface area (Å²) in [6.07, 6.45) is 3.41. The number of nitrogens with one attached hydrogen (secondary N) is 1. The van der Waals surface area contributed by atoms with Crippen LogP contribution in [0.25, 0.3) is 0 Å². The van der Waals surface area contributed by atoms with E-state index in [9.17, 15) is 4.79 Å². The summed E-state index contributed by atoms with van der Waals surface area (Å²) in [6, 6.07) is 5.54. The lowest BCUT2D eigenvalue weighted by Gasteiger charge is -2.02. The summed E-state index contributed by atoms with van der Waals surface area (Å²) in [4.78, 5) is 15.8. The van der Waals surface area contributed by atoms with Crippen molar-refractivity contribution in [2.24, 2.45) is 0 Å². The summed E-state index contributed by atoms with van der Waals surface area (Å²) in [5, 5.41) is 7.07. The summed E-state index contributed by atoms with van der Waals surface area (Å²) in [5.74, 6) is -0.151. The zero-order valence-corrected chi connectivity index (χ0v) is 10.6. The molecule has 0 saturated heterocycles. The van der Waals surface area contributed by atoms with Crippen LogP contribution >= 0.6 is 0 Å². The van der Waals surface area contributed by atoms with E-state index in [1.54, 1.807) is 23.1 Å². The molecule has 5 heteroatoms. The molecule has 0 saturated carbocycles. The smallest absolute Gasteiger partial charge is 0.272 e. The van der Waals surface area contributed by atoms with Gasteiger partial charge in [0.15, 0.2) is 0 Å². The first-order valence-electron chi connectivity index (χ1n) is 5.92. The van der Waals surface area contributed by atoms with Crippen LogP contribution in [0.4, 0.5) is 0 Å². The normalized spacial score (nSPS) is 10.3. The Kier molecular flexibility index (Phi) is 3.72. The van der Waals surface area contributed by atoms with Crippen molar-refractivity contribution >= 4 is 5.91 Å². The van der Waals surface area contributed by atoms with Gasteiger partial charge in [-0.2, -0.15) is 5.10 Å². The predicted octanol–water partition coefficient (Wildman–Crippen LogP) is 1.54. The molecular weight excluding hydrogens is 228 g/mol. The molecule has 94 valence electrons. The van der Waals surface area contributed by atoms with Crippen molar-refractivity contribution in [2.45, 2.75) is 26.9 Å². The van der Waals surface area contributed by atoms with Crippen molar-refractivity contribution in [2.75, 3.05) is 0 Å². The fourth-order valence-electron chi connectivity index (χ4n) is 1.71. The zero-order chi connectivity index (χ0) is 13.0. The van der Waals surface area contributed by atoms with Gasteiger partial charge in [0, 0.05) is 31.2 Å². The molecule has 0 spiro atoms. The summed E-state index contributed by atoms with van der Waals surface area (Å²) in [7, 11) is 0. The first-order chi connectivity index (χ1) is 8.70. The summed E-state index contributed by atoms with van der Waals surface area (Å²) >= 11 is 0. The Labute approximate surface area is 106 Å². The lowest BCUT2D eigenvalue weighted by molar-refractivity contribution is 0.0945. The average Bonchev–Trinajstić information content (AvgIpc) is 2.78. The number of rotatable bonds is 4. The van der Waals surface area contributed by atoms with Crippen molar-refractivity contribution < 1.29 is 4.79 Å². The molecular formula is C13H16N4O. The Morgan fingerprint density at radius 2 is 2.11 bits per heavy atom. The second kappa shape index (κ2) is 5.44. The van der Waals surface area contributed by atoms with Crippen molar-refractivity contribution in [1.29, 1.82) is 0 Å². The number of nitrogens with zero attached hydrogens (tertiary/aromatic N) is 3. The van der Waals surface area contributed by atoms with E-state index in [1.165, 1.54) is 0 Å². The predicted molar refractivity (Wildman–Crippen MR) is 68.0 cm³/mol. The van der Waals surface area contributed by atoms with Crippen LogP contribution in [0.2, 0.25) is 0 Å². The molecule has 0 aliphatic heterocycles. The first-order valence-corrected chi connectivity index (χ1v) is 5.92. The summed E-state index contributed by atoms with van der Waals surface area (Å²) in [5.41, 5.74) is 2.47. The van der Waals surface area contributed by atoms with Gasteiger partial charge in [-0.25, -0.2) is 0 Å². The standard InChI is InChI=1S/C13H16N4O/c1-3-17-10(2)8-12(16-17)13(18)15-9-11-4-6-14-7-5-11/h4-8H,3,9H2,1-2H3,(H,15,18). The number of carbonyl (C=O) groups excluding carboxylic acids is 1. The Hall–Kier alpha value is -2.17. The lowest BCUT2D eigenvalue weighted by atomic mass is 10.2. The SMILES string of the molecule is CCn1nc(C(=O)NCc2ccncc2)cc1C. The van der Waals surface area contributed by atoms with Gasteiger partial charge < -0.3 is 5.32 Å². The molecule has 1 amide bonds. The van der Waals surface area contributed by atoms with Crippen molar-refractivity contribution in [3.05, 3.63) is 47.5 Å². The fourth-order valence-corrected chi connectivity index (χ4v) is 1.71. The van der Waals surface area contributed by atoms with Gasteiger partial charge in [-0.15, -0.1) is 0 Å². The number of hydrogen-bond acceptors (Lipinski definition) is 3. The Morgan fingerprint density at radius 3 is 2.72 bits per heavy atom. The second-order valence-electron chi connectivity index (χ2n) is 4.02. The number of aryl methyl sites for hydroxylation is 2. The van der Waals surface area contributed by atoms with E-state index >= 15 is 0 Å². The molecule has 1 N–H and O–H groups in total. The average molecular weight is 244 g/mol. The van der Waals surface area contributed by atoms with Gasteiger partial charge in [-0.05, 0) is 37.6 Å². The Balaban J connectivity index is 1.99. The molecule has 0 aliphatic rings. The third-order valence-corrected chi connectivity index (χ3v) is 2.72. The third-order valence-electron chi connectivity index (χ3n) is 2.72. The maximum absolute atomic E-state index is 11.9. The third kappa shape index (κ3) is 2.74. The topological polar surface area (TPSA) is 59.8 Å². The highest BCUT2D eigenvalue weighted by Gasteiger charge is 2.10. The van der Waals surface area contributed by atoms with Crippen molar-refractivity contribution in [3.8, 4) is 0 Å². The van der Waals surface area contributed by atoms with Crippen LogP contribution in [0.15, 0.2) is 30.6 Å². The molecule has 2 heterocycles. The molecule has 2 aromatic rings. The van der Waals surface area contributed by atoms with Crippen LogP contribution in [0.1, 0.15) is 28.7 Å². The molecule has 0 aromatic carbocycles. The Bertz CT molecular complexity index is 533. The van der Waals surface area contributed by atoms with E-state index in [1.807, 2.05) is 26.0 Å². The summed E-state index contributed by atoms with van der Waals surface area (Å²) < 4.78 is 1.81. The number of carbonyl (C=O) groups is 1. The van der Waals surface area contributed by atoms with Crippen LogP contribution in [0.5, 0.6) is 0 Å². The fraction of sp³-hybridized carbons (Fsp3) is 0.308. The highest BCUT2D eigenvalue weighted by atomic mass is 16.1. The van der Waals surface area contributed by atoms with Gasteiger partial charge in [-0.3, -0.25) is 14.5 Å². The second-order valence-corrected chi connectivity index (χ2v) is 4.02. The van der Waals surface area contributed by atoms with Gasteiger partial charge >= 0.3 is 0 Å². The molecule has 0 unspecified atom stereocenters. The maximum atomic E-state index is 11.9. The van der Waals surface area contributed by atoms with Gasteiger partial charge in [0.2, 0.25) is 0 Å². The van der Waals surface area contributed by atoms with E-state index < -0.39 is 0 Å². The Morgan fingerprint density at radius 1 is 1.39 bits per heavy atom. The molecule has 18 heavy (non-hydrogen) atoms. The van der Waals surface area contributed by atoms with Crippen LogP contribution in [-0.2, 0) is 13.1 Å². The highest BCUT2D eigenvalue weighted by molar-refractivity contribution is 5.92. The highest BCUT2D eigenvalue weighted by Crippen LogP contribution is 2.03. The molecule has 0 radical (unpaired) electrons. The van der Waals surface area contributed by atoms with E-state index in [0.29, 0.717) is 12.2 Å². The zero-order valence-electron chi connectivity index (χ0n) is 10.6. The first kappa shape index (κ1) is 12.3. The lowest BCUT2D eigenvalue weighted by Crippen LogP contribution is -2.23. The molecule has 2 rings (SSSR count). The van der Waals surface area contributed by atoms with Crippen LogP contribution in [-0.4, -0.2) is 20.7 Å². The number of aromatic nitrogens is 3. The van der Waals surface area contributed by atoms with E-state index in [-0.39, 0.29) is 5.91 Å².